The lowest BCUT2D eigenvalue weighted by Crippen LogP contribution is -2.42. The van der Waals surface area contributed by atoms with E-state index >= 15 is 0 Å². The molecular weight excluding hydrogens is 246 g/mol. The second kappa shape index (κ2) is 5.57. The molecule has 0 radical (unpaired) electrons. The molecule has 1 aliphatic rings. The van der Waals surface area contributed by atoms with Gasteiger partial charge in [0.2, 0.25) is 5.91 Å². The predicted octanol–water partition coefficient (Wildman–Crippen LogP) is 1.27. The summed E-state index contributed by atoms with van der Waals surface area (Å²) in [5.41, 5.74) is 4.79. The summed E-state index contributed by atoms with van der Waals surface area (Å²) in [7, 11) is 0. The van der Waals surface area contributed by atoms with Gasteiger partial charge in [0.05, 0.1) is 11.5 Å². The Morgan fingerprint density at radius 3 is 2.53 bits per heavy atom. The van der Waals surface area contributed by atoms with Gasteiger partial charge in [-0.2, -0.15) is 0 Å². The smallest absolute Gasteiger partial charge is 0.307 e. The molecule has 0 heterocycles. The molecule has 0 fully saturated rings. The molecule has 3 N–H and O–H groups in total. The van der Waals surface area contributed by atoms with Crippen molar-refractivity contribution in [3.8, 4) is 0 Å². The lowest BCUT2D eigenvalue weighted by molar-refractivity contribution is -0.138. The summed E-state index contributed by atoms with van der Waals surface area (Å²) in [6.07, 6.45) is 3.42. The van der Waals surface area contributed by atoms with Crippen LogP contribution in [0, 0.1) is 11.8 Å². The zero-order valence-corrected chi connectivity index (χ0v) is 11.8. The van der Waals surface area contributed by atoms with Crippen molar-refractivity contribution in [1.29, 1.82) is 0 Å². The third-order valence-corrected chi connectivity index (χ3v) is 3.14. The van der Waals surface area contributed by atoms with Crippen molar-refractivity contribution in [1.82, 2.24) is 0 Å². The third-order valence-electron chi connectivity index (χ3n) is 3.14. The number of hydrogen-bond donors (Lipinski definition) is 2. The molecule has 0 aromatic heterocycles. The Kier molecular flexibility index (Phi) is 4.52. The lowest BCUT2D eigenvalue weighted by atomic mass is 9.85. The van der Waals surface area contributed by atoms with Crippen molar-refractivity contribution in [2.24, 2.45) is 17.6 Å². The summed E-state index contributed by atoms with van der Waals surface area (Å²) in [6.45, 7) is 6.71. The Balaban J connectivity index is 3.21. The van der Waals surface area contributed by atoms with E-state index in [-0.39, 0.29) is 12.3 Å². The summed E-state index contributed by atoms with van der Waals surface area (Å²) in [5.74, 6) is -1.39. The molecule has 0 saturated carbocycles. The molecule has 5 nitrogen and oxygen atoms in total. The van der Waals surface area contributed by atoms with Gasteiger partial charge >= 0.3 is 5.97 Å². The average Bonchev–Trinajstić information content (AvgIpc) is 2.32. The van der Waals surface area contributed by atoms with Crippen LogP contribution in [-0.2, 0) is 14.3 Å². The fourth-order valence-corrected chi connectivity index (χ4v) is 2.12. The van der Waals surface area contributed by atoms with Crippen molar-refractivity contribution >= 4 is 11.9 Å². The molecule has 1 aliphatic carbocycles. The first kappa shape index (κ1) is 15.4. The van der Waals surface area contributed by atoms with E-state index in [2.05, 4.69) is 0 Å². The molecule has 2 atom stereocenters. The van der Waals surface area contributed by atoms with E-state index in [0.29, 0.717) is 5.76 Å². The summed E-state index contributed by atoms with van der Waals surface area (Å²) in [5, 5.41) is 10.4. The van der Waals surface area contributed by atoms with Gasteiger partial charge in [-0.15, -0.1) is 0 Å². The Labute approximate surface area is 113 Å². The number of carbonyl (C=O) groups excluding carboxylic acids is 2. The molecule has 19 heavy (non-hydrogen) atoms. The Hall–Kier alpha value is -1.62. The van der Waals surface area contributed by atoms with E-state index in [1.54, 1.807) is 12.2 Å². The monoisotopic (exact) mass is 267 g/mol. The van der Waals surface area contributed by atoms with E-state index < -0.39 is 23.4 Å². The molecule has 0 unspecified atom stereocenters. The molecule has 0 aromatic carbocycles. The van der Waals surface area contributed by atoms with E-state index in [1.165, 1.54) is 13.8 Å². The molecule has 106 valence electrons. The predicted molar refractivity (Wildman–Crippen MR) is 70.7 cm³/mol. The van der Waals surface area contributed by atoms with Crippen molar-refractivity contribution in [3.63, 3.8) is 0 Å². The van der Waals surface area contributed by atoms with Crippen LogP contribution >= 0.6 is 0 Å². The fourth-order valence-electron chi connectivity index (χ4n) is 2.12. The van der Waals surface area contributed by atoms with Gasteiger partial charge in [0.15, 0.2) is 0 Å². The molecule has 0 aliphatic heterocycles. The van der Waals surface area contributed by atoms with Crippen molar-refractivity contribution in [2.45, 2.75) is 39.7 Å². The van der Waals surface area contributed by atoms with Crippen LogP contribution in [0.4, 0.5) is 0 Å². The van der Waals surface area contributed by atoms with E-state index in [1.807, 2.05) is 13.8 Å². The first-order valence-corrected chi connectivity index (χ1v) is 6.26. The van der Waals surface area contributed by atoms with E-state index in [9.17, 15) is 14.7 Å². The quantitative estimate of drug-likeness (QED) is 0.753. The van der Waals surface area contributed by atoms with Gasteiger partial charge in [-0.1, -0.05) is 19.9 Å². The summed E-state index contributed by atoms with van der Waals surface area (Å²) in [4.78, 5) is 22.6. The number of nitrogens with two attached hydrogens (primary N) is 1. The van der Waals surface area contributed by atoms with Crippen LogP contribution < -0.4 is 5.73 Å². The average molecular weight is 267 g/mol. The summed E-state index contributed by atoms with van der Waals surface area (Å²) >= 11 is 0. The SMILES string of the molecule is CC(=O)OC1=CC(C(C)C)=C[C@@H](C(N)=O)[C@@](C)(O)C1. The highest BCUT2D eigenvalue weighted by Gasteiger charge is 2.38. The number of amides is 1. The number of aliphatic hydroxyl groups is 1. The maximum absolute atomic E-state index is 11.5. The zero-order chi connectivity index (χ0) is 14.8. The Bertz CT molecular complexity index is 446. The molecule has 1 rings (SSSR count). The van der Waals surface area contributed by atoms with Crippen molar-refractivity contribution in [2.75, 3.05) is 0 Å². The minimum Gasteiger partial charge on any atom is -0.431 e. The Morgan fingerprint density at radius 2 is 2.11 bits per heavy atom. The largest absolute Gasteiger partial charge is 0.431 e. The zero-order valence-electron chi connectivity index (χ0n) is 11.8. The Morgan fingerprint density at radius 1 is 1.53 bits per heavy atom. The minimum atomic E-state index is -1.37. The summed E-state index contributed by atoms with van der Waals surface area (Å²) < 4.78 is 5.08. The first-order chi connectivity index (χ1) is 8.63. The summed E-state index contributed by atoms with van der Waals surface area (Å²) in [6, 6.07) is 0. The van der Waals surface area contributed by atoms with Gasteiger partial charge in [-0.05, 0) is 24.5 Å². The maximum Gasteiger partial charge on any atom is 0.307 e. The molecular formula is C14H21NO4. The van der Waals surface area contributed by atoms with Gasteiger partial charge in [0.25, 0.3) is 0 Å². The van der Waals surface area contributed by atoms with Gasteiger partial charge in [-0.25, -0.2) is 0 Å². The van der Waals surface area contributed by atoms with Crippen LogP contribution in [-0.4, -0.2) is 22.6 Å². The number of ether oxygens (including phenoxy) is 1. The highest BCUT2D eigenvalue weighted by molar-refractivity contribution is 5.80. The fraction of sp³-hybridized carbons (Fsp3) is 0.571. The molecule has 5 heteroatoms. The molecule has 0 bridgehead atoms. The number of allylic oxidation sites excluding steroid dienone is 2. The number of carbonyl (C=O) groups is 2. The first-order valence-electron chi connectivity index (χ1n) is 6.26. The van der Waals surface area contributed by atoms with Crippen LogP contribution in [0.2, 0.25) is 0 Å². The molecule has 0 spiro atoms. The number of rotatable bonds is 3. The highest BCUT2D eigenvalue weighted by Crippen LogP contribution is 2.33. The van der Waals surface area contributed by atoms with E-state index in [0.717, 1.165) is 5.57 Å². The minimum absolute atomic E-state index is 0.0624. The molecule has 0 aromatic rings. The third kappa shape index (κ3) is 3.92. The van der Waals surface area contributed by atoms with Crippen molar-refractivity contribution < 1.29 is 19.4 Å². The lowest BCUT2D eigenvalue weighted by Gasteiger charge is -2.28. The van der Waals surface area contributed by atoms with Gasteiger partial charge in [0.1, 0.15) is 5.76 Å². The molecule has 1 amide bonds. The number of hydrogen-bond acceptors (Lipinski definition) is 4. The van der Waals surface area contributed by atoms with Gasteiger partial charge < -0.3 is 15.6 Å². The van der Waals surface area contributed by atoms with E-state index in [4.69, 9.17) is 10.5 Å². The van der Waals surface area contributed by atoms with Crippen molar-refractivity contribution in [3.05, 3.63) is 23.5 Å². The number of esters is 1. The van der Waals surface area contributed by atoms with Crippen LogP contribution in [0.15, 0.2) is 23.5 Å². The molecule has 0 saturated heterocycles. The van der Waals surface area contributed by atoms with Crippen LogP contribution in [0.1, 0.15) is 34.1 Å². The van der Waals surface area contributed by atoms with Gasteiger partial charge in [0, 0.05) is 13.3 Å². The topological polar surface area (TPSA) is 89.6 Å². The second-order valence-corrected chi connectivity index (χ2v) is 5.44. The van der Waals surface area contributed by atoms with Crippen LogP contribution in [0.25, 0.3) is 0 Å². The normalized spacial score (nSPS) is 27.4. The standard InChI is InChI=1S/C14H21NO4/c1-8(2)10-5-11(19-9(3)16)7-14(4,18)12(6-10)13(15)17/h5-6,8,12,18H,7H2,1-4H3,(H2,15,17)/t12-,14-/m0/s1. The van der Waals surface area contributed by atoms with Gasteiger partial charge in [-0.3, -0.25) is 9.59 Å². The highest BCUT2D eigenvalue weighted by atomic mass is 16.5. The van der Waals surface area contributed by atoms with Crippen LogP contribution in [0.5, 0.6) is 0 Å². The van der Waals surface area contributed by atoms with Crippen LogP contribution in [0.3, 0.4) is 0 Å². The maximum atomic E-state index is 11.5. The number of primary amides is 1. The second-order valence-electron chi connectivity index (χ2n) is 5.44.